The molecular weight excluding hydrogens is 256 g/mol. The minimum atomic E-state index is -0.664. The van der Waals surface area contributed by atoms with Crippen LogP contribution >= 0.6 is 0 Å². The van der Waals surface area contributed by atoms with E-state index >= 15 is 0 Å². The Labute approximate surface area is 107 Å². The quantitative estimate of drug-likeness (QED) is 0.263. The molecule has 0 bridgehead atoms. The Bertz CT molecular complexity index is 513. The van der Waals surface area contributed by atoms with Crippen LogP contribution in [0.25, 0.3) is 0 Å². The molecule has 0 radical (unpaired) electrons. The molecule has 1 saturated heterocycles. The highest BCUT2D eigenvalue weighted by molar-refractivity contribution is 5.98. The monoisotopic (exact) mass is 268 g/mol. The van der Waals surface area contributed by atoms with Gasteiger partial charge in [-0.25, -0.2) is 4.98 Å². The zero-order valence-corrected chi connectivity index (χ0v) is 9.85. The van der Waals surface area contributed by atoms with Gasteiger partial charge in [0.1, 0.15) is 6.10 Å². The number of nitro groups is 1. The highest BCUT2D eigenvalue weighted by atomic mass is 16.6. The molecule has 19 heavy (non-hydrogen) atoms. The van der Waals surface area contributed by atoms with E-state index in [2.05, 4.69) is 10.1 Å². The predicted molar refractivity (Wildman–Crippen MR) is 63.3 cm³/mol. The molecule has 2 rings (SSSR count). The summed E-state index contributed by atoms with van der Waals surface area (Å²) in [6.45, 7) is 1.04. The molecule has 9 heteroatoms. The fraction of sp³-hybridized carbons (Fsp3) is 0.400. The normalized spacial score (nSPS) is 19.4. The number of amidine groups is 1. The number of nitrogens with zero attached hydrogens (tertiary/aromatic N) is 3. The fourth-order valence-corrected chi connectivity index (χ4v) is 1.66. The lowest BCUT2D eigenvalue weighted by atomic mass is 10.2. The largest absolute Gasteiger partial charge is 0.472 e. The maximum absolute atomic E-state index is 10.8. The van der Waals surface area contributed by atoms with Crippen molar-refractivity contribution in [3.63, 3.8) is 0 Å². The molecule has 1 aromatic rings. The minimum Gasteiger partial charge on any atom is -0.472 e. The van der Waals surface area contributed by atoms with E-state index in [1.165, 1.54) is 12.1 Å². The Morgan fingerprint density at radius 1 is 1.68 bits per heavy atom. The first-order valence-corrected chi connectivity index (χ1v) is 5.49. The molecule has 1 aromatic heterocycles. The first-order chi connectivity index (χ1) is 9.11. The Morgan fingerprint density at radius 2 is 2.47 bits per heavy atom. The van der Waals surface area contributed by atoms with Gasteiger partial charge < -0.3 is 20.4 Å². The van der Waals surface area contributed by atoms with E-state index in [-0.39, 0.29) is 23.4 Å². The van der Waals surface area contributed by atoms with Crippen molar-refractivity contribution in [2.75, 3.05) is 13.2 Å². The van der Waals surface area contributed by atoms with Crippen LogP contribution in [0.3, 0.4) is 0 Å². The summed E-state index contributed by atoms with van der Waals surface area (Å²) in [5.74, 6) is -0.275. The van der Waals surface area contributed by atoms with Gasteiger partial charge in [0, 0.05) is 18.6 Å². The SMILES string of the molecule is N/C(=N/O)c1nc(OC2CCOC2)ccc1[N+](=O)[O-]. The van der Waals surface area contributed by atoms with Crippen molar-refractivity contribution in [1.82, 2.24) is 4.98 Å². The van der Waals surface area contributed by atoms with Crippen LogP contribution in [0.1, 0.15) is 12.1 Å². The number of aromatic nitrogens is 1. The average Bonchev–Trinajstić information content (AvgIpc) is 2.90. The molecule has 3 N–H and O–H groups in total. The van der Waals surface area contributed by atoms with Crippen molar-refractivity contribution in [3.8, 4) is 5.88 Å². The van der Waals surface area contributed by atoms with Crippen LogP contribution in [0.4, 0.5) is 5.69 Å². The van der Waals surface area contributed by atoms with Crippen molar-refractivity contribution >= 4 is 11.5 Å². The second-order valence-electron chi connectivity index (χ2n) is 3.86. The first-order valence-electron chi connectivity index (χ1n) is 5.49. The van der Waals surface area contributed by atoms with Crippen molar-refractivity contribution in [3.05, 3.63) is 27.9 Å². The number of rotatable bonds is 4. The maximum atomic E-state index is 10.8. The van der Waals surface area contributed by atoms with Gasteiger partial charge in [-0.2, -0.15) is 0 Å². The molecule has 102 valence electrons. The lowest BCUT2D eigenvalue weighted by Crippen LogP contribution is -2.20. The highest BCUT2D eigenvalue weighted by Crippen LogP contribution is 2.22. The number of hydrogen-bond acceptors (Lipinski definition) is 7. The number of ether oxygens (including phenoxy) is 2. The fourth-order valence-electron chi connectivity index (χ4n) is 1.66. The third-order valence-corrected chi connectivity index (χ3v) is 2.57. The molecule has 9 nitrogen and oxygen atoms in total. The molecule has 1 fully saturated rings. The van der Waals surface area contributed by atoms with Crippen molar-refractivity contribution < 1.29 is 19.6 Å². The molecule has 0 spiro atoms. The summed E-state index contributed by atoms with van der Waals surface area (Å²) < 4.78 is 10.6. The van der Waals surface area contributed by atoms with Crippen LogP contribution in [0.2, 0.25) is 0 Å². The standard InChI is InChI=1S/C10H12N4O5/c11-10(13-15)9-7(14(16)17)1-2-8(12-9)19-6-3-4-18-5-6/h1-2,6,15H,3-5H2,(H2,11,13). The smallest absolute Gasteiger partial charge is 0.299 e. The molecule has 1 atom stereocenters. The molecular formula is C10H12N4O5. The van der Waals surface area contributed by atoms with Crippen LogP contribution in [-0.4, -0.2) is 40.3 Å². The lowest BCUT2D eigenvalue weighted by molar-refractivity contribution is -0.385. The van der Waals surface area contributed by atoms with Crippen molar-refractivity contribution in [1.29, 1.82) is 0 Å². The van der Waals surface area contributed by atoms with Gasteiger partial charge in [-0.05, 0) is 0 Å². The Kier molecular flexibility index (Phi) is 3.76. The van der Waals surface area contributed by atoms with Gasteiger partial charge in [0.25, 0.3) is 5.69 Å². The molecule has 0 aromatic carbocycles. The zero-order valence-electron chi connectivity index (χ0n) is 9.85. The third kappa shape index (κ3) is 2.88. The van der Waals surface area contributed by atoms with Gasteiger partial charge in [0.2, 0.25) is 5.88 Å². The van der Waals surface area contributed by atoms with Gasteiger partial charge >= 0.3 is 0 Å². The summed E-state index contributed by atoms with van der Waals surface area (Å²) in [5.41, 5.74) is 4.77. The summed E-state index contributed by atoms with van der Waals surface area (Å²) in [4.78, 5) is 14.0. The summed E-state index contributed by atoms with van der Waals surface area (Å²) in [6.07, 6.45) is 0.575. The van der Waals surface area contributed by atoms with Gasteiger partial charge in [-0.1, -0.05) is 5.16 Å². The van der Waals surface area contributed by atoms with Crippen LogP contribution in [0, 0.1) is 10.1 Å². The van der Waals surface area contributed by atoms with Crippen LogP contribution < -0.4 is 10.5 Å². The summed E-state index contributed by atoms with van der Waals surface area (Å²) >= 11 is 0. The molecule has 0 saturated carbocycles. The van der Waals surface area contributed by atoms with Gasteiger partial charge in [0.15, 0.2) is 11.5 Å². The Hall–Kier alpha value is -2.42. The maximum Gasteiger partial charge on any atom is 0.299 e. The van der Waals surface area contributed by atoms with E-state index in [1.807, 2.05) is 0 Å². The van der Waals surface area contributed by atoms with Crippen molar-refractivity contribution in [2.24, 2.45) is 10.9 Å². The number of nitrogens with two attached hydrogens (primary N) is 1. The Balaban J connectivity index is 2.29. The van der Waals surface area contributed by atoms with E-state index in [9.17, 15) is 10.1 Å². The van der Waals surface area contributed by atoms with Gasteiger partial charge in [-0.15, -0.1) is 0 Å². The van der Waals surface area contributed by atoms with E-state index in [4.69, 9.17) is 20.4 Å². The minimum absolute atomic E-state index is 0.144. The predicted octanol–water partition coefficient (Wildman–Crippen LogP) is 0.252. The highest BCUT2D eigenvalue weighted by Gasteiger charge is 2.23. The van der Waals surface area contributed by atoms with Crippen LogP contribution in [0.15, 0.2) is 17.3 Å². The number of pyridine rings is 1. The van der Waals surface area contributed by atoms with E-state index in [0.717, 1.165) is 6.42 Å². The third-order valence-electron chi connectivity index (χ3n) is 2.57. The molecule has 1 aliphatic heterocycles. The molecule has 0 aliphatic carbocycles. The van der Waals surface area contributed by atoms with Gasteiger partial charge in [-0.3, -0.25) is 10.1 Å². The van der Waals surface area contributed by atoms with E-state index in [0.29, 0.717) is 13.2 Å². The second-order valence-corrected chi connectivity index (χ2v) is 3.86. The molecule has 0 amide bonds. The zero-order chi connectivity index (χ0) is 13.8. The topological polar surface area (TPSA) is 133 Å². The average molecular weight is 268 g/mol. The lowest BCUT2D eigenvalue weighted by Gasteiger charge is -2.11. The van der Waals surface area contributed by atoms with E-state index < -0.39 is 10.8 Å². The van der Waals surface area contributed by atoms with E-state index in [1.54, 1.807) is 0 Å². The van der Waals surface area contributed by atoms with Crippen molar-refractivity contribution in [2.45, 2.75) is 12.5 Å². The van der Waals surface area contributed by atoms with Crippen LogP contribution in [0.5, 0.6) is 5.88 Å². The summed E-state index contributed by atoms with van der Waals surface area (Å²) in [5, 5.41) is 22.1. The van der Waals surface area contributed by atoms with Crippen LogP contribution in [-0.2, 0) is 4.74 Å². The summed E-state index contributed by atoms with van der Waals surface area (Å²) in [6, 6.07) is 2.57. The van der Waals surface area contributed by atoms with Gasteiger partial charge in [0.05, 0.1) is 18.1 Å². The molecule has 1 aliphatic rings. The summed E-state index contributed by atoms with van der Waals surface area (Å²) in [7, 11) is 0. The Morgan fingerprint density at radius 3 is 3.05 bits per heavy atom. The second kappa shape index (κ2) is 5.48. The number of hydrogen-bond donors (Lipinski definition) is 2. The number of oxime groups is 1. The molecule has 1 unspecified atom stereocenters. The first kappa shape index (κ1) is 13.0. The molecule has 2 heterocycles.